The van der Waals surface area contributed by atoms with Gasteiger partial charge in [-0.05, 0) is 48.4 Å². The number of allylic oxidation sites excluding steroid dienone is 1. The molecule has 0 aliphatic carbocycles. The van der Waals surface area contributed by atoms with E-state index in [9.17, 15) is 9.59 Å². The Balaban J connectivity index is 1.73. The van der Waals surface area contributed by atoms with Crippen molar-refractivity contribution in [1.29, 1.82) is 0 Å². The van der Waals surface area contributed by atoms with Crippen molar-refractivity contribution in [2.24, 2.45) is 4.99 Å². The second kappa shape index (κ2) is 9.49. The van der Waals surface area contributed by atoms with Gasteiger partial charge in [0.2, 0.25) is 5.91 Å². The average Bonchev–Trinajstić information content (AvgIpc) is 3.16. The number of benzene rings is 3. The summed E-state index contributed by atoms with van der Waals surface area (Å²) < 4.78 is 0. The number of rotatable bonds is 5. The van der Waals surface area contributed by atoms with Crippen LogP contribution in [-0.2, 0) is 9.59 Å². The first-order valence-corrected chi connectivity index (χ1v) is 10.8. The number of hydrogen-bond acceptors (Lipinski definition) is 3. The number of nitrogens with zero attached hydrogens (tertiary/aromatic N) is 3. The summed E-state index contributed by atoms with van der Waals surface area (Å²) in [4.78, 5) is 33.0. The summed E-state index contributed by atoms with van der Waals surface area (Å²) in [5.41, 5.74) is 4.68. The Morgan fingerprint density at radius 1 is 0.909 bits per heavy atom. The highest BCUT2D eigenvalue weighted by atomic mass is 16.2. The van der Waals surface area contributed by atoms with Gasteiger partial charge in [-0.25, -0.2) is 4.99 Å². The molecule has 0 fully saturated rings. The third-order valence-electron chi connectivity index (χ3n) is 5.46. The van der Waals surface area contributed by atoms with E-state index in [2.05, 4.69) is 0 Å². The van der Waals surface area contributed by atoms with E-state index in [-0.39, 0.29) is 11.8 Å². The van der Waals surface area contributed by atoms with Crippen molar-refractivity contribution in [3.05, 3.63) is 107 Å². The normalized spacial score (nSPS) is 14.8. The van der Waals surface area contributed by atoms with Crippen LogP contribution < -0.4 is 9.80 Å². The molecule has 0 unspecified atom stereocenters. The minimum absolute atomic E-state index is 0.0581. The molecule has 33 heavy (non-hydrogen) atoms. The van der Waals surface area contributed by atoms with E-state index in [0.29, 0.717) is 17.2 Å². The molecule has 0 saturated carbocycles. The van der Waals surface area contributed by atoms with Crippen LogP contribution in [0, 0.1) is 0 Å². The summed E-state index contributed by atoms with van der Waals surface area (Å²) in [5.74, 6) is 0.321. The molecule has 0 bridgehead atoms. The van der Waals surface area contributed by atoms with Crippen LogP contribution >= 0.6 is 0 Å². The number of aliphatic imine (C=N–C) groups is 1. The molecule has 0 atom stereocenters. The van der Waals surface area contributed by atoms with Crippen LogP contribution in [0.15, 0.2) is 95.6 Å². The molecule has 5 nitrogen and oxygen atoms in total. The van der Waals surface area contributed by atoms with E-state index in [4.69, 9.17) is 4.99 Å². The van der Waals surface area contributed by atoms with Crippen LogP contribution in [0.4, 0.5) is 11.4 Å². The maximum Gasteiger partial charge on any atom is 0.282 e. The molecule has 5 heteroatoms. The first kappa shape index (κ1) is 22.0. The van der Waals surface area contributed by atoms with Crippen molar-refractivity contribution < 1.29 is 9.59 Å². The van der Waals surface area contributed by atoms with Crippen molar-refractivity contribution in [1.82, 2.24) is 0 Å². The zero-order valence-corrected chi connectivity index (χ0v) is 18.9. The molecule has 0 radical (unpaired) electrons. The van der Waals surface area contributed by atoms with Crippen molar-refractivity contribution in [2.75, 3.05) is 16.8 Å². The van der Waals surface area contributed by atoms with Crippen LogP contribution in [0.25, 0.3) is 12.2 Å². The first-order valence-electron chi connectivity index (χ1n) is 10.8. The quantitative estimate of drug-likeness (QED) is 0.494. The largest absolute Gasteiger partial charge is 0.316 e. The second-order valence-corrected chi connectivity index (χ2v) is 7.73. The van der Waals surface area contributed by atoms with Crippen LogP contribution in [0.3, 0.4) is 0 Å². The van der Waals surface area contributed by atoms with E-state index >= 15 is 0 Å². The van der Waals surface area contributed by atoms with Crippen molar-refractivity contribution in [2.45, 2.75) is 13.8 Å². The number of carbonyl (C=O) groups excluding carboxylic acids is 2. The lowest BCUT2D eigenvalue weighted by Crippen LogP contribution is -2.32. The van der Waals surface area contributed by atoms with Gasteiger partial charge in [0, 0.05) is 25.2 Å². The third kappa shape index (κ3) is 4.67. The molecule has 3 aromatic rings. The fourth-order valence-electron chi connectivity index (χ4n) is 3.60. The molecule has 2 amide bonds. The van der Waals surface area contributed by atoms with Gasteiger partial charge in [0.25, 0.3) is 5.91 Å². The smallest absolute Gasteiger partial charge is 0.282 e. The van der Waals surface area contributed by atoms with Crippen molar-refractivity contribution in [3.63, 3.8) is 0 Å². The molecule has 1 aliphatic rings. The molecule has 0 aromatic heterocycles. The Labute approximate surface area is 194 Å². The SMILES string of the molecule is CC=Cc1ccc(C=C2N=C(c3ccccc3)N(c3ccc(N(C)C(C)=O)cc3)C2=O)cc1. The minimum Gasteiger partial charge on any atom is -0.316 e. The fourth-order valence-corrected chi connectivity index (χ4v) is 3.60. The number of amidine groups is 1. The van der Waals surface area contributed by atoms with E-state index in [1.807, 2.05) is 104 Å². The molecule has 0 saturated heterocycles. The Kier molecular flexibility index (Phi) is 6.31. The van der Waals surface area contributed by atoms with Crippen LogP contribution in [0.1, 0.15) is 30.5 Å². The Morgan fingerprint density at radius 2 is 1.55 bits per heavy atom. The lowest BCUT2D eigenvalue weighted by molar-refractivity contribution is -0.116. The van der Waals surface area contributed by atoms with Gasteiger partial charge in [-0.1, -0.05) is 66.7 Å². The first-order chi connectivity index (χ1) is 16.0. The van der Waals surface area contributed by atoms with Gasteiger partial charge < -0.3 is 4.90 Å². The van der Waals surface area contributed by atoms with E-state index in [1.54, 1.807) is 16.8 Å². The van der Waals surface area contributed by atoms with Gasteiger partial charge in [-0.3, -0.25) is 14.5 Å². The van der Waals surface area contributed by atoms with Gasteiger partial charge in [0.05, 0.1) is 5.69 Å². The Bertz CT molecular complexity index is 1250. The van der Waals surface area contributed by atoms with Crippen LogP contribution in [-0.4, -0.2) is 24.7 Å². The fraction of sp³-hybridized carbons (Fsp3) is 0.107. The highest BCUT2D eigenvalue weighted by Gasteiger charge is 2.32. The van der Waals surface area contributed by atoms with Gasteiger partial charge in [-0.2, -0.15) is 0 Å². The molecule has 0 N–H and O–H groups in total. The molecular weight excluding hydrogens is 410 g/mol. The lowest BCUT2D eigenvalue weighted by Gasteiger charge is -2.20. The molecule has 1 aliphatic heterocycles. The highest BCUT2D eigenvalue weighted by molar-refractivity contribution is 6.33. The summed E-state index contributed by atoms with van der Waals surface area (Å²) >= 11 is 0. The number of hydrogen-bond donors (Lipinski definition) is 0. The van der Waals surface area contributed by atoms with Gasteiger partial charge in [0.15, 0.2) is 0 Å². The molecule has 1 heterocycles. The van der Waals surface area contributed by atoms with Gasteiger partial charge >= 0.3 is 0 Å². The molecule has 164 valence electrons. The minimum atomic E-state index is -0.195. The molecular formula is C28H25N3O2. The third-order valence-corrected chi connectivity index (χ3v) is 5.46. The second-order valence-electron chi connectivity index (χ2n) is 7.73. The van der Waals surface area contributed by atoms with E-state index in [0.717, 1.165) is 22.4 Å². The molecule has 0 spiro atoms. The van der Waals surface area contributed by atoms with Crippen LogP contribution in [0.2, 0.25) is 0 Å². The van der Waals surface area contributed by atoms with Gasteiger partial charge in [-0.15, -0.1) is 0 Å². The monoisotopic (exact) mass is 435 g/mol. The maximum atomic E-state index is 13.5. The predicted molar refractivity (Wildman–Crippen MR) is 135 cm³/mol. The molecule has 4 rings (SSSR count). The summed E-state index contributed by atoms with van der Waals surface area (Å²) in [5, 5.41) is 0. The van der Waals surface area contributed by atoms with E-state index < -0.39 is 0 Å². The Morgan fingerprint density at radius 3 is 2.15 bits per heavy atom. The maximum absolute atomic E-state index is 13.5. The standard InChI is InChI=1S/C28H25N3O2/c1-4-8-21-11-13-22(14-12-21)19-26-28(33)31(27(29-26)23-9-6-5-7-10-23)25-17-15-24(16-18-25)30(3)20(2)32/h4-19H,1-3H3. The van der Waals surface area contributed by atoms with E-state index in [1.165, 1.54) is 6.92 Å². The van der Waals surface area contributed by atoms with Gasteiger partial charge in [0.1, 0.15) is 11.5 Å². The summed E-state index contributed by atoms with van der Waals surface area (Å²) in [6.45, 7) is 3.49. The van der Waals surface area contributed by atoms with Crippen molar-refractivity contribution in [3.8, 4) is 0 Å². The lowest BCUT2D eigenvalue weighted by atomic mass is 10.1. The summed E-state index contributed by atoms with van der Waals surface area (Å²) in [6, 6.07) is 24.9. The number of carbonyl (C=O) groups is 2. The average molecular weight is 436 g/mol. The highest BCUT2D eigenvalue weighted by Crippen LogP contribution is 2.29. The van der Waals surface area contributed by atoms with Crippen LogP contribution in [0.5, 0.6) is 0 Å². The number of amides is 2. The summed E-state index contributed by atoms with van der Waals surface area (Å²) in [6.07, 6.45) is 5.82. The summed E-state index contributed by atoms with van der Waals surface area (Å²) in [7, 11) is 1.72. The zero-order chi connectivity index (χ0) is 23.4. The predicted octanol–water partition coefficient (Wildman–Crippen LogP) is 5.54. The zero-order valence-electron chi connectivity index (χ0n) is 18.9. The number of anilines is 2. The van der Waals surface area contributed by atoms with Crippen molar-refractivity contribution >= 4 is 41.2 Å². The topological polar surface area (TPSA) is 53.0 Å². The Hall–Kier alpha value is -4.25. The molecule has 3 aromatic carbocycles.